The minimum absolute atomic E-state index is 0.177. The Bertz CT molecular complexity index is 618. The van der Waals surface area contributed by atoms with Crippen molar-refractivity contribution >= 4 is 15.7 Å². The fourth-order valence-electron chi connectivity index (χ4n) is 2.87. The molecule has 3 rings (SSSR count). The van der Waals surface area contributed by atoms with Crippen LogP contribution >= 0.6 is 0 Å². The number of sulfone groups is 1. The van der Waals surface area contributed by atoms with Gasteiger partial charge < -0.3 is 4.90 Å². The highest BCUT2D eigenvalue weighted by molar-refractivity contribution is 7.92. The predicted octanol–water partition coefficient (Wildman–Crippen LogP) is 2.25. The zero-order valence-electron chi connectivity index (χ0n) is 12.2. The molecule has 0 radical (unpaired) electrons. The van der Waals surface area contributed by atoms with Crippen LogP contribution in [0.4, 0.5) is 0 Å². The van der Waals surface area contributed by atoms with Gasteiger partial charge in [0.2, 0.25) is 5.91 Å². The van der Waals surface area contributed by atoms with Crippen molar-refractivity contribution in [1.82, 2.24) is 4.90 Å². The summed E-state index contributed by atoms with van der Waals surface area (Å²) in [6, 6.07) is 8.68. The molecular formula is C16H21NO3S. The van der Waals surface area contributed by atoms with Crippen LogP contribution < -0.4 is 0 Å². The smallest absolute Gasteiger partial charge is 0.238 e. The second-order valence-corrected chi connectivity index (χ2v) is 8.17. The summed E-state index contributed by atoms with van der Waals surface area (Å²) in [7, 11) is -3.54. The second kappa shape index (κ2) is 5.44. The zero-order chi connectivity index (χ0) is 15.0. The number of amides is 1. The fourth-order valence-corrected chi connectivity index (χ4v) is 4.08. The molecule has 0 bridgehead atoms. The van der Waals surface area contributed by atoms with Crippen LogP contribution in [0.2, 0.25) is 0 Å². The summed E-state index contributed by atoms with van der Waals surface area (Å²) in [5, 5.41) is 0. The largest absolute Gasteiger partial charge is 0.336 e. The van der Waals surface area contributed by atoms with Crippen molar-refractivity contribution in [2.75, 3.05) is 5.75 Å². The second-order valence-electron chi connectivity index (χ2n) is 6.18. The van der Waals surface area contributed by atoms with Crippen molar-refractivity contribution in [1.29, 1.82) is 0 Å². The van der Waals surface area contributed by atoms with Crippen LogP contribution in [0.5, 0.6) is 0 Å². The molecule has 1 atom stereocenters. The van der Waals surface area contributed by atoms with Crippen molar-refractivity contribution in [3.8, 4) is 0 Å². The van der Waals surface area contributed by atoms with E-state index in [9.17, 15) is 13.2 Å². The first kappa shape index (κ1) is 14.6. The Balaban J connectivity index is 1.75. The van der Waals surface area contributed by atoms with E-state index in [0.29, 0.717) is 5.92 Å². The Hall–Kier alpha value is -1.36. The normalized spacial score (nSPS) is 20.0. The van der Waals surface area contributed by atoms with Crippen LogP contribution in [-0.4, -0.2) is 37.1 Å². The number of hydrogen-bond donors (Lipinski definition) is 0. The van der Waals surface area contributed by atoms with E-state index in [4.69, 9.17) is 0 Å². The molecule has 5 heteroatoms. The summed E-state index contributed by atoms with van der Waals surface area (Å²) in [5.74, 6) is -0.0837. The van der Waals surface area contributed by atoms with Crippen molar-refractivity contribution in [3.63, 3.8) is 0 Å². The van der Waals surface area contributed by atoms with Crippen LogP contribution in [0.3, 0.4) is 0 Å². The molecule has 21 heavy (non-hydrogen) atoms. The molecule has 2 fully saturated rings. The fraction of sp³-hybridized carbons (Fsp3) is 0.562. The van der Waals surface area contributed by atoms with Crippen LogP contribution in [0.25, 0.3) is 0 Å². The molecule has 4 nitrogen and oxygen atoms in total. The van der Waals surface area contributed by atoms with Gasteiger partial charge in [-0.2, -0.15) is 0 Å². The van der Waals surface area contributed by atoms with Gasteiger partial charge in [-0.25, -0.2) is 8.42 Å². The molecule has 1 unspecified atom stereocenters. The molecule has 2 aliphatic carbocycles. The first-order chi connectivity index (χ1) is 9.99. The molecule has 2 saturated carbocycles. The highest BCUT2D eigenvalue weighted by atomic mass is 32.2. The Kier molecular flexibility index (Phi) is 3.78. The molecule has 0 aromatic heterocycles. The van der Waals surface area contributed by atoms with Crippen molar-refractivity contribution in [2.45, 2.75) is 49.6 Å². The summed E-state index contributed by atoms with van der Waals surface area (Å²) < 4.78 is 24.7. The van der Waals surface area contributed by atoms with E-state index in [1.807, 2.05) is 4.90 Å². The van der Waals surface area contributed by atoms with E-state index >= 15 is 0 Å². The predicted molar refractivity (Wildman–Crippen MR) is 80.5 cm³/mol. The first-order valence-corrected chi connectivity index (χ1v) is 9.23. The summed E-state index contributed by atoms with van der Waals surface area (Å²) in [5.41, 5.74) is 0. The summed E-state index contributed by atoms with van der Waals surface area (Å²) in [6.07, 6.45) is 4.33. The lowest BCUT2D eigenvalue weighted by Gasteiger charge is -2.29. The lowest BCUT2D eigenvalue weighted by Crippen LogP contribution is -2.44. The van der Waals surface area contributed by atoms with Crippen LogP contribution in [0, 0.1) is 5.92 Å². The van der Waals surface area contributed by atoms with E-state index < -0.39 is 15.6 Å². The van der Waals surface area contributed by atoms with Gasteiger partial charge in [-0.05, 0) is 50.7 Å². The molecule has 1 aromatic carbocycles. The highest BCUT2D eigenvalue weighted by Crippen LogP contribution is 2.39. The maximum Gasteiger partial charge on any atom is 0.238 e. The number of carbonyl (C=O) groups excluding carboxylic acids is 1. The number of carbonyl (C=O) groups is 1. The van der Waals surface area contributed by atoms with E-state index in [-0.39, 0.29) is 22.9 Å². The number of hydrogen-bond acceptors (Lipinski definition) is 3. The van der Waals surface area contributed by atoms with Gasteiger partial charge in [0.1, 0.15) is 5.75 Å². The molecule has 2 aliphatic rings. The number of nitrogens with zero attached hydrogens (tertiary/aromatic N) is 1. The summed E-state index contributed by atoms with van der Waals surface area (Å²) in [4.78, 5) is 14.6. The van der Waals surface area contributed by atoms with Crippen LogP contribution in [0.15, 0.2) is 35.2 Å². The average Bonchev–Trinajstić information content (AvgIpc) is 3.31. The van der Waals surface area contributed by atoms with Gasteiger partial charge in [-0.3, -0.25) is 4.79 Å². The maximum absolute atomic E-state index is 12.5. The van der Waals surface area contributed by atoms with E-state index in [1.165, 1.54) is 0 Å². The Morgan fingerprint density at radius 2 is 1.81 bits per heavy atom. The number of rotatable bonds is 6. The van der Waals surface area contributed by atoms with Crippen molar-refractivity contribution in [3.05, 3.63) is 30.3 Å². The zero-order valence-corrected chi connectivity index (χ0v) is 13.1. The standard InChI is InChI=1S/C16H21NO3S/c1-12(13-7-8-13)17(14-9-10-14)16(18)11-21(19,20)15-5-3-2-4-6-15/h2-6,12-14H,7-11H2,1H3. The molecule has 114 valence electrons. The summed E-state index contributed by atoms with van der Waals surface area (Å²) >= 11 is 0. The number of benzene rings is 1. The third kappa shape index (κ3) is 3.28. The molecule has 0 saturated heterocycles. The Morgan fingerprint density at radius 3 is 2.33 bits per heavy atom. The molecule has 1 aromatic rings. The lowest BCUT2D eigenvalue weighted by atomic mass is 10.2. The lowest BCUT2D eigenvalue weighted by molar-refractivity contribution is -0.131. The van der Waals surface area contributed by atoms with Gasteiger partial charge in [-0.1, -0.05) is 18.2 Å². The topological polar surface area (TPSA) is 54.5 Å². The third-order valence-electron chi connectivity index (χ3n) is 4.39. The Morgan fingerprint density at radius 1 is 1.19 bits per heavy atom. The minimum Gasteiger partial charge on any atom is -0.336 e. The Labute approximate surface area is 126 Å². The minimum atomic E-state index is -3.54. The van der Waals surface area contributed by atoms with E-state index in [2.05, 4.69) is 6.92 Å². The molecular weight excluding hydrogens is 286 g/mol. The highest BCUT2D eigenvalue weighted by Gasteiger charge is 2.42. The quantitative estimate of drug-likeness (QED) is 0.810. The van der Waals surface area contributed by atoms with E-state index in [1.54, 1.807) is 30.3 Å². The average molecular weight is 307 g/mol. The van der Waals surface area contributed by atoms with Gasteiger partial charge in [0.05, 0.1) is 4.90 Å². The van der Waals surface area contributed by atoms with Gasteiger partial charge in [0.25, 0.3) is 0 Å². The van der Waals surface area contributed by atoms with Crippen LogP contribution in [0.1, 0.15) is 32.6 Å². The first-order valence-electron chi connectivity index (χ1n) is 7.58. The van der Waals surface area contributed by atoms with Gasteiger partial charge in [0, 0.05) is 12.1 Å². The molecule has 0 spiro atoms. The van der Waals surface area contributed by atoms with Crippen LogP contribution in [-0.2, 0) is 14.6 Å². The van der Waals surface area contributed by atoms with Gasteiger partial charge >= 0.3 is 0 Å². The van der Waals surface area contributed by atoms with Gasteiger partial charge in [-0.15, -0.1) is 0 Å². The SMILES string of the molecule is CC(C1CC1)N(C(=O)CS(=O)(=O)c1ccccc1)C1CC1. The molecule has 0 N–H and O–H groups in total. The maximum atomic E-state index is 12.5. The third-order valence-corrected chi connectivity index (χ3v) is 6.00. The van der Waals surface area contributed by atoms with E-state index in [0.717, 1.165) is 25.7 Å². The van der Waals surface area contributed by atoms with Gasteiger partial charge in [0.15, 0.2) is 9.84 Å². The summed E-state index contributed by atoms with van der Waals surface area (Å²) in [6.45, 7) is 2.06. The molecule has 0 heterocycles. The molecule has 0 aliphatic heterocycles. The molecule has 1 amide bonds. The monoisotopic (exact) mass is 307 g/mol. The van der Waals surface area contributed by atoms with Crippen molar-refractivity contribution in [2.24, 2.45) is 5.92 Å². The van der Waals surface area contributed by atoms with Crippen molar-refractivity contribution < 1.29 is 13.2 Å².